The van der Waals surface area contributed by atoms with Crippen LogP contribution in [0.3, 0.4) is 0 Å². The highest BCUT2D eigenvalue weighted by Gasteiger charge is 2.42. The van der Waals surface area contributed by atoms with Crippen LogP contribution < -0.4 is 4.90 Å². The van der Waals surface area contributed by atoms with E-state index in [2.05, 4.69) is 46.3 Å². The van der Waals surface area contributed by atoms with Gasteiger partial charge in [0.25, 0.3) is 0 Å². The molecule has 0 radical (unpaired) electrons. The largest absolute Gasteiger partial charge is 0.378 e. The highest BCUT2D eigenvalue weighted by atomic mass is 32.1. The Morgan fingerprint density at radius 3 is 2.27 bits per heavy atom. The van der Waals surface area contributed by atoms with E-state index in [4.69, 9.17) is 4.74 Å². The Hall–Kier alpha value is -1.46. The number of ether oxygens (including phenoxy) is 1. The third-order valence-electron chi connectivity index (χ3n) is 9.06. The number of aromatic nitrogens is 2. The SMILES string of the molecule is CCC1CCC(c2nnc(-c3ccc(N4CCC(OC)(C5CCCCC5)CC4)cc3)s2)CC1. The monoisotopic (exact) mass is 467 g/mol. The van der Waals surface area contributed by atoms with Gasteiger partial charge in [-0.3, -0.25) is 0 Å². The molecule has 0 unspecified atom stereocenters. The van der Waals surface area contributed by atoms with Gasteiger partial charge in [-0.15, -0.1) is 10.2 Å². The fraction of sp³-hybridized carbons (Fsp3) is 0.714. The maximum atomic E-state index is 6.20. The van der Waals surface area contributed by atoms with Crippen LogP contribution in [0.25, 0.3) is 10.6 Å². The zero-order valence-electron chi connectivity index (χ0n) is 20.6. The number of benzene rings is 1. The predicted octanol–water partition coefficient (Wildman–Crippen LogP) is 7.45. The van der Waals surface area contributed by atoms with Gasteiger partial charge in [-0.2, -0.15) is 0 Å². The molecular formula is C28H41N3OS. The second-order valence-corrected chi connectivity index (χ2v) is 11.7. The molecule has 5 rings (SSSR count). The van der Waals surface area contributed by atoms with E-state index in [-0.39, 0.29) is 5.60 Å². The molecule has 0 atom stereocenters. The quantitative estimate of drug-likeness (QED) is 0.442. The summed E-state index contributed by atoms with van der Waals surface area (Å²) in [6.45, 7) is 4.51. The Kier molecular flexibility index (Phi) is 7.36. The molecule has 0 bridgehead atoms. The molecule has 2 aromatic rings. The van der Waals surface area contributed by atoms with Crippen LogP contribution in [0.1, 0.15) is 94.9 Å². The van der Waals surface area contributed by atoms with Crippen LogP contribution in [0, 0.1) is 11.8 Å². The molecular weight excluding hydrogens is 426 g/mol. The van der Waals surface area contributed by atoms with Crippen LogP contribution in [0.2, 0.25) is 0 Å². The number of anilines is 1. The van der Waals surface area contributed by atoms with Crippen LogP contribution in [0.5, 0.6) is 0 Å². The van der Waals surface area contributed by atoms with E-state index >= 15 is 0 Å². The van der Waals surface area contributed by atoms with Gasteiger partial charge in [0.05, 0.1) is 5.60 Å². The zero-order valence-corrected chi connectivity index (χ0v) is 21.4. The molecule has 1 aromatic carbocycles. The maximum Gasteiger partial charge on any atom is 0.147 e. The summed E-state index contributed by atoms with van der Waals surface area (Å²) in [5.74, 6) is 2.30. The van der Waals surface area contributed by atoms with Gasteiger partial charge < -0.3 is 9.64 Å². The Labute approximate surface area is 204 Å². The predicted molar refractivity (Wildman–Crippen MR) is 138 cm³/mol. The second-order valence-electron chi connectivity index (χ2n) is 10.7. The Bertz CT molecular complexity index is 873. The summed E-state index contributed by atoms with van der Waals surface area (Å²) in [6.07, 6.45) is 15.8. The Morgan fingerprint density at radius 2 is 1.64 bits per heavy atom. The minimum absolute atomic E-state index is 0.107. The van der Waals surface area contributed by atoms with Gasteiger partial charge in [0.2, 0.25) is 0 Å². The fourth-order valence-electron chi connectivity index (χ4n) is 6.70. The molecule has 0 amide bonds. The molecule has 180 valence electrons. The van der Waals surface area contributed by atoms with Gasteiger partial charge in [-0.05, 0) is 87.5 Å². The summed E-state index contributed by atoms with van der Waals surface area (Å²) in [4.78, 5) is 2.54. The standard InChI is InChI=1S/C28H41N3OS/c1-3-21-9-11-22(12-10-21)26-29-30-27(33-26)23-13-15-25(16-14-23)31-19-17-28(32-2,18-20-31)24-7-5-4-6-8-24/h13-16,21-22,24H,3-12,17-20H2,1-2H3. The molecule has 3 aliphatic rings. The topological polar surface area (TPSA) is 38.2 Å². The molecule has 4 nitrogen and oxygen atoms in total. The van der Waals surface area contributed by atoms with Gasteiger partial charge in [-0.1, -0.05) is 43.9 Å². The van der Waals surface area contributed by atoms with Crippen molar-refractivity contribution >= 4 is 17.0 Å². The molecule has 2 aliphatic carbocycles. The van der Waals surface area contributed by atoms with Gasteiger partial charge in [0.15, 0.2) is 0 Å². The number of piperidine rings is 1. The Morgan fingerprint density at radius 1 is 0.939 bits per heavy atom. The third kappa shape index (κ3) is 5.00. The minimum Gasteiger partial charge on any atom is -0.378 e. The molecule has 1 aromatic heterocycles. The number of nitrogens with zero attached hydrogens (tertiary/aromatic N) is 3. The summed E-state index contributed by atoms with van der Waals surface area (Å²) in [5.41, 5.74) is 2.64. The average Bonchev–Trinajstić information content (AvgIpc) is 3.40. The number of methoxy groups -OCH3 is 1. The first kappa shape index (κ1) is 23.3. The lowest BCUT2D eigenvalue weighted by Crippen LogP contribution is -2.50. The highest BCUT2D eigenvalue weighted by Crippen LogP contribution is 2.43. The first-order valence-electron chi connectivity index (χ1n) is 13.4. The van der Waals surface area contributed by atoms with E-state index in [0.717, 1.165) is 42.8 Å². The van der Waals surface area contributed by atoms with Crippen molar-refractivity contribution in [2.24, 2.45) is 11.8 Å². The normalized spacial score (nSPS) is 26.4. The van der Waals surface area contributed by atoms with Crippen molar-refractivity contribution in [1.29, 1.82) is 0 Å². The van der Waals surface area contributed by atoms with Crippen LogP contribution >= 0.6 is 11.3 Å². The van der Waals surface area contributed by atoms with Crippen molar-refractivity contribution in [2.45, 2.75) is 95.5 Å². The van der Waals surface area contributed by atoms with E-state index in [1.54, 1.807) is 0 Å². The maximum absolute atomic E-state index is 6.20. The molecule has 2 saturated carbocycles. The molecule has 33 heavy (non-hydrogen) atoms. The van der Waals surface area contributed by atoms with Gasteiger partial charge in [-0.25, -0.2) is 0 Å². The van der Waals surface area contributed by atoms with Crippen molar-refractivity contribution in [3.63, 3.8) is 0 Å². The lowest BCUT2D eigenvalue weighted by Gasteiger charge is -2.47. The number of rotatable bonds is 6. The van der Waals surface area contributed by atoms with E-state index in [1.165, 1.54) is 80.5 Å². The summed E-state index contributed by atoms with van der Waals surface area (Å²) in [7, 11) is 1.95. The van der Waals surface area contributed by atoms with Crippen LogP contribution in [0.4, 0.5) is 5.69 Å². The molecule has 1 saturated heterocycles. The first-order chi connectivity index (χ1) is 16.2. The van der Waals surface area contributed by atoms with Gasteiger partial charge in [0, 0.05) is 37.4 Å². The van der Waals surface area contributed by atoms with Gasteiger partial charge >= 0.3 is 0 Å². The summed E-state index contributed by atoms with van der Waals surface area (Å²) >= 11 is 1.81. The first-order valence-corrected chi connectivity index (χ1v) is 14.3. The molecule has 5 heteroatoms. The van der Waals surface area contributed by atoms with Crippen LogP contribution in [-0.4, -0.2) is 36.0 Å². The van der Waals surface area contributed by atoms with E-state index in [0.29, 0.717) is 5.92 Å². The van der Waals surface area contributed by atoms with Crippen molar-refractivity contribution in [3.05, 3.63) is 29.3 Å². The smallest absolute Gasteiger partial charge is 0.147 e. The number of hydrogen-bond acceptors (Lipinski definition) is 5. The summed E-state index contributed by atoms with van der Waals surface area (Å²) in [6, 6.07) is 9.05. The van der Waals surface area contributed by atoms with Crippen LogP contribution in [0.15, 0.2) is 24.3 Å². The van der Waals surface area contributed by atoms with Crippen molar-refractivity contribution < 1.29 is 4.74 Å². The van der Waals surface area contributed by atoms with E-state index in [9.17, 15) is 0 Å². The Balaban J connectivity index is 1.20. The lowest BCUT2D eigenvalue weighted by molar-refractivity contribution is -0.0856. The molecule has 2 heterocycles. The zero-order chi connectivity index (χ0) is 22.7. The molecule has 3 fully saturated rings. The minimum atomic E-state index is 0.107. The highest BCUT2D eigenvalue weighted by molar-refractivity contribution is 7.14. The summed E-state index contributed by atoms with van der Waals surface area (Å²) < 4.78 is 6.20. The van der Waals surface area contributed by atoms with Crippen LogP contribution in [-0.2, 0) is 4.74 Å². The molecule has 0 N–H and O–H groups in total. The van der Waals surface area contributed by atoms with E-state index < -0.39 is 0 Å². The number of hydrogen-bond donors (Lipinski definition) is 0. The van der Waals surface area contributed by atoms with Crippen molar-refractivity contribution in [2.75, 3.05) is 25.1 Å². The third-order valence-corrected chi connectivity index (χ3v) is 10.2. The van der Waals surface area contributed by atoms with Crippen molar-refractivity contribution in [1.82, 2.24) is 10.2 Å². The lowest BCUT2D eigenvalue weighted by atomic mass is 9.72. The molecule has 1 aliphatic heterocycles. The average molecular weight is 468 g/mol. The fourth-order valence-corrected chi connectivity index (χ4v) is 7.72. The van der Waals surface area contributed by atoms with Crippen molar-refractivity contribution in [3.8, 4) is 10.6 Å². The summed E-state index contributed by atoms with van der Waals surface area (Å²) in [5, 5.41) is 11.5. The second kappa shape index (κ2) is 10.4. The van der Waals surface area contributed by atoms with Gasteiger partial charge in [0.1, 0.15) is 10.0 Å². The molecule has 0 spiro atoms. The van der Waals surface area contributed by atoms with E-state index in [1.807, 2.05) is 18.4 Å².